The van der Waals surface area contributed by atoms with Crippen LogP contribution < -0.4 is 10.9 Å². The molecule has 168 valence electrons. The predicted molar refractivity (Wildman–Crippen MR) is 123 cm³/mol. The number of hydrogen-bond acceptors (Lipinski definition) is 4. The molecule has 5 nitrogen and oxygen atoms in total. The highest BCUT2D eigenvalue weighted by atomic mass is 32.2. The number of carbonyl (C=O) groups is 1. The number of benzene rings is 1. The van der Waals surface area contributed by atoms with Gasteiger partial charge < -0.3 is 5.32 Å². The maximum Gasteiger partial charge on any atom is 0.257 e. The van der Waals surface area contributed by atoms with Gasteiger partial charge in [0, 0.05) is 30.8 Å². The molecule has 1 aliphatic carbocycles. The molecule has 31 heavy (non-hydrogen) atoms. The van der Waals surface area contributed by atoms with E-state index in [0.29, 0.717) is 22.8 Å². The topological polar surface area (TPSA) is 64.0 Å². The SMILES string of the molecule is CCCC(Sc1nc(C)c(Cc2ccc(F)cc2)c(=O)n1C)C(=O)NC1CCCCC1. The van der Waals surface area contributed by atoms with Crippen molar-refractivity contribution >= 4 is 17.7 Å². The molecule has 0 spiro atoms. The fraction of sp³-hybridized carbons (Fsp3) is 0.542. The van der Waals surface area contributed by atoms with Gasteiger partial charge in [0.15, 0.2) is 5.16 Å². The lowest BCUT2D eigenvalue weighted by Gasteiger charge is -2.25. The molecular weight excluding hydrogens is 413 g/mol. The van der Waals surface area contributed by atoms with Crippen molar-refractivity contribution < 1.29 is 9.18 Å². The molecule has 1 saturated carbocycles. The van der Waals surface area contributed by atoms with Crippen LogP contribution in [0.2, 0.25) is 0 Å². The number of carbonyl (C=O) groups excluding carboxylic acids is 1. The van der Waals surface area contributed by atoms with E-state index in [1.54, 1.807) is 19.2 Å². The molecule has 1 fully saturated rings. The van der Waals surface area contributed by atoms with Gasteiger partial charge in [-0.25, -0.2) is 9.37 Å². The Morgan fingerprint density at radius 3 is 2.58 bits per heavy atom. The summed E-state index contributed by atoms with van der Waals surface area (Å²) in [5, 5.41) is 3.50. The van der Waals surface area contributed by atoms with E-state index in [9.17, 15) is 14.0 Å². The summed E-state index contributed by atoms with van der Waals surface area (Å²) in [4.78, 5) is 30.7. The Labute approximate surface area is 187 Å². The molecule has 1 aromatic carbocycles. The minimum absolute atomic E-state index is 0.0426. The summed E-state index contributed by atoms with van der Waals surface area (Å²) in [5.41, 5.74) is 1.98. The third kappa shape index (κ3) is 6.19. The maximum absolute atomic E-state index is 13.2. The Morgan fingerprint density at radius 1 is 1.26 bits per heavy atom. The molecule has 7 heteroatoms. The molecule has 1 atom stereocenters. The van der Waals surface area contributed by atoms with Crippen molar-refractivity contribution in [2.45, 2.75) is 81.7 Å². The zero-order valence-electron chi connectivity index (χ0n) is 18.6. The van der Waals surface area contributed by atoms with Crippen molar-refractivity contribution in [2.75, 3.05) is 0 Å². The van der Waals surface area contributed by atoms with E-state index in [-0.39, 0.29) is 28.6 Å². The number of nitrogens with one attached hydrogen (secondary N) is 1. The number of halogens is 1. The smallest absolute Gasteiger partial charge is 0.257 e. The van der Waals surface area contributed by atoms with E-state index in [1.165, 1.54) is 47.7 Å². The van der Waals surface area contributed by atoms with Crippen molar-refractivity contribution in [1.29, 1.82) is 0 Å². The van der Waals surface area contributed by atoms with Gasteiger partial charge in [0.05, 0.1) is 5.25 Å². The number of nitrogens with zero attached hydrogens (tertiary/aromatic N) is 2. The lowest BCUT2D eigenvalue weighted by molar-refractivity contribution is -0.121. The van der Waals surface area contributed by atoms with Gasteiger partial charge in [-0.3, -0.25) is 14.2 Å². The summed E-state index contributed by atoms with van der Waals surface area (Å²) in [6.07, 6.45) is 7.68. The summed E-state index contributed by atoms with van der Waals surface area (Å²) < 4.78 is 14.7. The molecule has 0 aliphatic heterocycles. The number of aryl methyl sites for hydroxylation is 1. The van der Waals surface area contributed by atoms with Crippen LogP contribution in [-0.4, -0.2) is 26.8 Å². The highest BCUT2D eigenvalue weighted by Crippen LogP contribution is 2.26. The average Bonchev–Trinajstić information content (AvgIpc) is 2.76. The largest absolute Gasteiger partial charge is 0.352 e. The predicted octanol–water partition coefficient (Wildman–Crippen LogP) is 4.53. The first kappa shape index (κ1) is 23.5. The fourth-order valence-corrected chi connectivity index (χ4v) is 5.23. The Kier molecular flexibility index (Phi) is 8.29. The van der Waals surface area contributed by atoms with Gasteiger partial charge in [-0.15, -0.1) is 0 Å². The van der Waals surface area contributed by atoms with Crippen molar-refractivity contribution in [3.05, 3.63) is 57.3 Å². The van der Waals surface area contributed by atoms with E-state index in [0.717, 1.165) is 31.2 Å². The Morgan fingerprint density at radius 2 is 1.94 bits per heavy atom. The lowest BCUT2D eigenvalue weighted by Crippen LogP contribution is -2.41. The van der Waals surface area contributed by atoms with Crippen LogP contribution in [0.4, 0.5) is 4.39 Å². The number of hydrogen-bond donors (Lipinski definition) is 1. The number of thioether (sulfide) groups is 1. The van der Waals surface area contributed by atoms with E-state index in [1.807, 2.05) is 6.92 Å². The third-order valence-corrected chi connectivity index (χ3v) is 7.20. The average molecular weight is 446 g/mol. The highest BCUT2D eigenvalue weighted by Gasteiger charge is 2.25. The van der Waals surface area contributed by atoms with E-state index in [4.69, 9.17) is 0 Å². The van der Waals surface area contributed by atoms with Gasteiger partial charge in [0.2, 0.25) is 5.91 Å². The van der Waals surface area contributed by atoms with Crippen LogP contribution in [0.5, 0.6) is 0 Å². The van der Waals surface area contributed by atoms with Gasteiger partial charge in [-0.1, -0.05) is 56.5 Å². The van der Waals surface area contributed by atoms with Gasteiger partial charge in [0.1, 0.15) is 5.82 Å². The molecular formula is C24H32FN3O2S. The van der Waals surface area contributed by atoms with Crippen LogP contribution in [0.1, 0.15) is 68.7 Å². The van der Waals surface area contributed by atoms with Gasteiger partial charge in [0.25, 0.3) is 5.56 Å². The first-order chi connectivity index (χ1) is 14.9. The maximum atomic E-state index is 13.2. The molecule has 1 N–H and O–H groups in total. The normalized spacial score (nSPS) is 15.6. The van der Waals surface area contributed by atoms with E-state index < -0.39 is 0 Å². The zero-order valence-corrected chi connectivity index (χ0v) is 19.4. The van der Waals surface area contributed by atoms with Crippen LogP contribution in [0.25, 0.3) is 0 Å². The van der Waals surface area contributed by atoms with E-state index in [2.05, 4.69) is 17.2 Å². The summed E-state index contributed by atoms with van der Waals surface area (Å²) in [6.45, 7) is 3.88. The van der Waals surface area contributed by atoms with Crippen molar-refractivity contribution in [2.24, 2.45) is 7.05 Å². The summed E-state index contributed by atoms with van der Waals surface area (Å²) in [6, 6.07) is 6.42. The quantitative estimate of drug-likeness (QED) is 0.479. The monoisotopic (exact) mass is 445 g/mol. The highest BCUT2D eigenvalue weighted by molar-refractivity contribution is 8.00. The van der Waals surface area contributed by atoms with Crippen LogP contribution in [-0.2, 0) is 18.3 Å². The Hall–Kier alpha value is -2.15. The molecule has 1 unspecified atom stereocenters. The third-order valence-electron chi connectivity index (χ3n) is 5.89. The van der Waals surface area contributed by atoms with Gasteiger partial charge in [-0.05, 0) is 43.9 Å². The van der Waals surface area contributed by atoms with Crippen molar-refractivity contribution in [1.82, 2.24) is 14.9 Å². The fourth-order valence-electron chi connectivity index (χ4n) is 4.02. The molecule has 1 aromatic heterocycles. The lowest BCUT2D eigenvalue weighted by atomic mass is 9.95. The van der Waals surface area contributed by atoms with Crippen molar-refractivity contribution in [3.8, 4) is 0 Å². The van der Waals surface area contributed by atoms with E-state index >= 15 is 0 Å². The number of aromatic nitrogens is 2. The molecule has 1 aliphatic rings. The second kappa shape index (κ2) is 10.9. The zero-order chi connectivity index (χ0) is 22.4. The second-order valence-corrected chi connectivity index (χ2v) is 9.53. The second-order valence-electron chi connectivity index (χ2n) is 8.36. The van der Waals surface area contributed by atoms with Gasteiger partial charge >= 0.3 is 0 Å². The van der Waals surface area contributed by atoms with Crippen LogP contribution in [0.3, 0.4) is 0 Å². The molecule has 3 rings (SSSR count). The molecule has 0 radical (unpaired) electrons. The summed E-state index contributed by atoms with van der Waals surface area (Å²) in [5.74, 6) is -0.257. The van der Waals surface area contributed by atoms with Crippen LogP contribution >= 0.6 is 11.8 Å². The number of amides is 1. The van der Waals surface area contributed by atoms with Crippen molar-refractivity contribution in [3.63, 3.8) is 0 Å². The summed E-state index contributed by atoms with van der Waals surface area (Å²) in [7, 11) is 1.70. The van der Waals surface area contributed by atoms with Crippen LogP contribution in [0, 0.1) is 12.7 Å². The first-order valence-electron chi connectivity index (χ1n) is 11.2. The molecule has 2 aromatic rings. The minimum Gasteiger partial charge on any atom is -0.352 e. The number of rotatable bonds is 8. The standard InChI is InChI=1S/C24H32FN3O2S/c1-4-8-21(22(29)27-19-9-6-5-7-10-19)31-24-26-16(2)20(23(30)28(24)3)15-17-11-13-18(25)14-12-17/h11-14,19,21H,4-10,15H2,1-3H3,(H,27,29). The molecule has 1 heterocycles. The van der Waals surface area contributed by atoms with Crippen LogP contribution in [0.15, 0.2) is 34.2 Å². The molecule has 0 saturated heterocycles. The molecule has 1 amide bonds. The summed E-state index contributed by atoms with van der Waals surface area (Å²) >= 11 is 1.37. The minimum atomic E-state index is -0.299. The Balaban J connectivity index is 1.77. The molecule has 0 bridgehead atoms. The van der Waals surface area contributed by atoms with Gasteiger partial charge in [-0.2, -0.15) is 0 Å². The Bertz CT molecular complexity index is 953. The first-order valence-corrected chi connectivity index (χ1v) is 12.0.